The molecule has 0 saturated carbocycles. The number of Topliss-reactive ketones (excluding diaryl/α,β-unsaturated/α-hetero) is 1. The summed E-state index contributed by atoms with van der Waals surface area (Å²) in [5, 5.41) is 10.7. The molecule has 0 aliphatic carbocycles. The fourth-order valence-electron chi connectivity index (χ4n) is 1.11. The minimum absolute atomic E-state index is 0.00926. The zero-order chi connectivity index (χ0) is 10.9. The van der Waals surface area contributed by atoms with E-state index >= 15 is 0 Å². The van der Waals surface area contributed by atoms with Crippen molar-refractivity contribution >= 4 is 33.1 Å². The number of hydrogen-bond donors (Lipinski definition) is 1. The van der Waals surface area contributed by atoms with E-state index in [4.69, 9.17) is 5.73 Å². The van der Waals surface area contributed by atoms with E-state index in [1.54, 1.807) is 0 Å². The molecule has 74 valence electrons. The highest BCUT2D eigenvalue weighted by atomic mass is 79.9. The quantitative estimate of drug-likeness (QED) is 0.381. The second-order valence-electron chi connectivity index (χ2n) is 2.67. The largest absolute Gasteiger partial charge is 0.393 e. The Hall–Kier alpha value is -1.43. The molecule has 0 spiro atoms. The molecule has 0 atom stereocenters. The van der Waals surface area contributed by atoms with Crippen molar-refractivity contribution in [2.75, 3.05) is 5.73 Å². The van der Waals surface area contributed by atoms with E-state index in [-0.39, 0.29) is 16.9 Å². The molecular formula is C8H7BrN2O3. The number of halogens is 1. The predicted molar refractivity (Wildman–Crippen MR) is 55.2 cm³/mol. The van der Waals surface area contributed by atoms with Crippen LogP contribution in [0.3, 0.4) is 0 Å². The molecule has 0 saturated heterocycles. The zero-order valence-electron chi connectivity index (χ0n) is 7.28. The Kier molecular flexibility index (Phi) is 2.85. The van der Waals surface area contributed by atoms with Crippen LogP contribution in [-0.4, -0.2) is 10.7 Å². The van der Waals surface area contributed by atoms with Crippen LogP contribution in [0.1, 0.15) is 17.3 Å². The fraction of sp³-hybridized carbons (Fsp3) is 0.125. The highest BCUT2D eigenvalue weighted by Gasteiger charge is 2.23. The van der Waals surface area contributed by atoms with Gasteiger partial charge >= 0.3 is 5.69 Å². The minimum atomic E-state index is -0.656. The summed E-state index contributed by atoms with van der Waals surface area (Å²) in [5.41, 5.74) is 5.07. The molecule has 0 unspecified atom stereocenters. The summed E-state index contributed by atoms with van der Waals surface area (Å²) in [6.07, 6.45) is 0. The number of anilines is 1. The third-order valence-corrected chi connectivity index (χ3v) is 2.35. The van der Waals surface area contributed by atoms with Crippen LogP contribution in [0, 0.1) is 10.1 Å². The van der Waals surface area contributed by atoms with Crippen molar-refractivity contribution in [1.82, 2.24) is 0 Å². The monoisotopic (exact) mass is 258 g/mol. The summed E-state index contributed by atoms with van der Waals surface area (Å²) in [5.74, 6) is -0.393. The maximum atomic E-state index is 11.2. The van der Waals surface area contributed by atoms with E-state index < -0.39 is 10.7 Å². The van der Waals surface area contributed by atoms with Crippen LogP contribution in [0.15, 0.2) is 16.6 Å². The molecule has 0 aromatic heterocycles. The van der Waals surface area contributed by atoms with E-state index in [2.05, 4.69) is 15.9 Å². The lowest BCUT2D eigenvalue weighted by Gasteiger charge is -2.03. The highest BCUT2D eigenvalue weighted by molar-refractivity contribution is 9.10. The van der Waals surface area contributed by atoms with Crippen molar-refractivity contribution in [2.45, 2.75) is 6.92 Å². The van der Waals surface area contributed by atoms with Gasteiger partial charge in [-0.2, -0.15) is 0 Å². The van der Waals surface area contributed by atoms with Gasteiger partial charge in [-0.1, -0.05) is 0 Å². The number of nitro groups is 1. The molecule has 14 heavy (non-hydrogen) atoms. The first-order valence-corrected chi connectivity index (χ1v) is 4.47. The average molecular weight is 259 g/mol. The Bertz CT molecular complexity index is 378. The molecule has 0 amide bonds. The first-order valence-electron chi connectivity index (χ1n) is 3.68. The molecule has 1 rings (SSSR count). The summed E-state index contributed by atoms with van der Waals surface area (Å²) in [7, 11) is 0. The van der Waals surface area contributed by atoms with Gasteiger partial charge in [-0.3, -0.25) is 14.9 Å². The maximum Gasteiger partial charge on any atom is 0.303 e. The van der Waals surface area contributed by atoms with Crippen molar-refractivity contribution < 1.29 is 9.72 Å². The van der Waals surface area contributed by atoms with Gasteiger partial charge in [0.2, 0.25) is 0 Å². The normalized spacial score (nSPS) is 9.86. The number of carbonyl (C=O) groups is 1. The summed E-state index contributed by atoms with van der Waals surface area (Å²) in [6.45, 7) is 1.26. The van der Waals surface area contributed by atoms with Gasteiger partial charge in [-0.05, 0) is 35.0 Å². The summed E-state index contributed by atoms with van der Waals surface area (Å²) in [4.78, 5) is 21.1. The van der Waals surface area contributed by atoms with Crippen molar-refractivity contribution in [2.24, 2.45) is 0 Å². The van der Waals surface area contributed by atoms with Crippen LogP contribution in [0.25, 0.3) is 0 Å². The number of nitrogens with two attached hydrogens (primary N) is 1. The third kappa shape index (κ3) is 1.74. The Labute approximate surface area is 88.2 Å². The van der Waals surface area contributed by atoms with E-state index in [1.165, 1.54) is 19.1 Å². The number of benzene rings is 1. The molecule has 6 heteroatoms. The van der Waals surface area contributed by atoms with Gasteiger partial charge in [0.25, 0.3) is 0 Å². The molecule has 0 radical (unpaired) electrons. The summed E-state index contributed by atoms with van der Waals surface area (Å²) >= 11 is 3.07. The molecular weight excluding hydrogens is 252 g/mol. The number of ketones is 1. The van der Waals surface area contributed by atoms with E-state index in [0.717, 1.165) is 0 Å². The average Bonchev–Trinajstić information content (AvgIpc) is 2.07. The van der Waals surface area contributed by atoms with E-state index in [1.807, 2.05) is 0 Å². The fourth-order valence-corrected chi connectivity index (χ4v) is 1.71. The molecule has 0 bridgehead atoms. The van der Waals surface area contributed by atoms with E-state index in [0.29, 0.717) is 4.47 Å². The Balaban J connectivity index is 3.58. The van der Waals surface area contributed by atoms with Gasteiger partial charge in [0.1, 0.15) is 11.3 Å². The lowest BCUT2D eigenvalue weighted by molar-refractivity contribution is -0.384. The number of nitrogens with zero attached hydrogens (tertiary/aromatic N) is 1. The van der Waals surface area contributed by atoms with Crippen molar-refractivity contribution in [3.05, 3.63) is 32.3 Å². The molecule has 1 aromatic carbocycles. The van der Waals surface area contributed by atoms with Gasteiger partial charge in [-0.15, -0.1) is 0 Å². The standard InChI is InChI=1S/C8H7BrN2O3/c1-4(12)7-5(9)2-3-6(10)8(7)11(13)14/h2-3H,10H2,1H3. The SMILES string of the molecule is CC(=O)c1c(Br)ccc(N)c1[N+](=O)[O-]. The minimum Gasteiger partial charge on any atom is -0.393 e. The molecule has 1 aromatic rings. The first kappa shape index (κ1) is 10.6. The number of carbonyl (C=O) groups excluding carboxylic acids is 1. The number of rotatable bonds is 2. The van der Waals surface area contributed by atoms with Crippen LogP contribution >= 0.6 is 15.9 Å². The number of nitrogen functional groups attached to an aromatic ring is 1. The van der Waals surface area contributed by atoms with Crippen LogP contribution < -0.4 is 5.73 Å². The third-order valence-electron chi connectivity index (χ3n) is 1.69. The maximum absolute atomic E-state index is 11.2. The van der Waals surface area contributed by atoms with Gasteiger partial charge in [0.05, 0.1) is 4.92 Å². The Morgan fingerprint density at radius 2 is 2.14 bits per heavy atom. The van der Waals surface area contributed by atoms with Crippen LogP contribution in [0.4, 0.5) is 11.4 Å². The Morgan fingerprint density at radius 1 is 1.57 bits per heavy atom. The van der Waals surface area contributed by atoms with Gasteiger partial charge in [-0.25, -0.2) is 0 Å². The number of nitro benzene ring substituents is 1. The van der Waals surface area contributed by atoms with E-state index in [9.17, 15) is 14.9 Å². The molecule has 0 heterocycles. The summed E-state index contributed by atoms with van der Waals surface area (Å²) in [6, 6.07) is 2.90. The smallest absolute Gasteiger partial charge is 0.303 e. The van der Waals surface area contributed by atoms with Gasteiger partial charge < -0.3 is 5.73 Å². The van der Waals surface area contributed by atoms with Gasteiger partial charge in [0, 0.05) is 4.47 Å². The van der Waals surface area contributed by atoms with Crippen molar-refractivity contribution in [3.63, 3.8) is 0 Å². The number of hydrogen-bond acceptors (Lipinski definition) is 4. The second-order valence-corrected chi connectivity index (χ2v) is 3.53. The lowest BCUT2D eigenvalue weighted by atomic mass is 10.1. The topological polar surface area (TPSA) is 86.2 Å². The molecule has 0 fully saturated rings. The molecule has 0 aliphatic heterocycles. The van der Waals surface area contributed by atoms with Gasteiger partial charge in [0.15, 0.2) is 5.78 Å². The first-order chi connectivity index (χ1) is 6.45. The molecule has 2 N–H and O–H groups in total. The molecule has 0 aliphatic rings. The van der Waals surface area contributed by atoms with Crippen LogP contribution in [0.5, 0.6) is 0 Å². The van der Waals surface area contributed by atoms with Crippen molar-refractivity contribution in [3.8, 4) is 0 Å². The molecule has 5 nitrogen and oxygen atoms in total. The van der Waals surface area contributed by atoms with Crippen molar-refractivity contribution in [1.29, 1.82) is 0 Å². The second kappa shape index (κ2) is 3.75. The lowest BCUT2D eigenvalue weighted by Crippen LogP contribution is -2.04. The van der Waals surface area contributed by atoms with Crippen LogP contribution in [0.2, 0.25) is 0 Å². The highest BCUT2D eigenvalue weighted by Crippen LogP contribution is 2.32. The summed E-state index contributed by atoms with van der Waals surface area (Å²) < 4.78 is 0.380. The zero-order valence-corrected chi connectivity index (χ0v) is 8.87. The Morgan fingerprint density at radius 3 is 2.50 bits per heavy atom. The predicted octanol–water partition coefficient (Wildman–Crippen LogP) is 2.14. The van der Waals surface area contributed by atoms with Crippen LogP contribution in [-0.2, 0) is 0 Å².